The average Bonchev–Trinajstić information content (AvgIpc) is 3.74. The van der Waals surface area contributed by atoms with E-state index in [0.29, 0.717) is 59.6 Å². The first-order valence-electron chi connectivity index (χ1n) is 18.9. The summed E-state index contributed by atoms with van der Waals surface area (Å²) in [6.07, 6.45) is 2.81. The van der Waals surface area contributed by atoms with Crippen LogP contribution in [0, 0.1) is 30.5 Å². The van der Waals surface area contributed by atoms with Crippen LogP contribution in [0.4, 0.5) is 19.7 Å². The zero-order valence-corrected chi connectivity index (χ0v) is 30.9. The molecule has 0 spiro atoms. The van der Waals surface area contributed by atoms with Crippen LogP contribution in [0.2, 0.25) is 0 Å². The van der Waals surface area contributed by atoms with Gasteiger partial charge in [0, 0.05) is 93.7 Å². The Labute approximate surface area is 310 Å². The summed E-state index contributed by atoms with van der Waals surface area (Å²) in [7, 11) is 0. The number of carbonyl (C=O) groups excluding carboxylic acids is 1. The minimum atomic E-state index is -0.805. The number of urea groups is 1. The van der Waals surface area contributed by atoms with E-state index < -0.39 is 18.0 Å². The quantitative estimate of drug-likeness (QED) is 0.162. The number of rotatable bonds is 9. The maximum atomic E-state index is 15.1. The summed E-state index contributed by atoms with van der Waals surface area (Å²) in [4.78, 5) is 45.1. The molecule has 3 amide bonds. The molecule has 2 aromatic carbocycles. The molecule has 4 aromatic rings. The van der Waals surface area contributed by atoms with Crippen molar-refractivity contribution in [2.24, 2.45) is 17.8 Å². The van der Waals surface area contributed by atoms with Crippen LogP contribution < -0.4 is 5.32 Å². The van der Waals surface area contributed by atoms with Gasteiger partial charge < -0.3 is 35.2 Å². The molecule has 12 nitrogen and oxygen atoms in total. The van der Waals surface area contributed by atoms with Gasteiger partial charge in [0.05, 0.1) is 11.8 Å². The van der Waals surface area contributed by atoms with Gasteiger partial charge in [-0.2, -0.15) is 0 Å². The number of benzene rings is 2. The highest BCUT2D eigenvalue weighted by atomic mass is 19.1. The number of aromatic nitrogens is 3. The molecule has 13 heteroatoms. The van der Waals surface area contributed by atoms with Crippen LogP contribution in [0.3, 0.4) is 0 Å². The lowest BCUT2D eigenvalue weighted by molar-refractivity contribution is 0.0875. The lowest BCUT2D eigenvalue weighted by Gasteiger charge is -2.38. The molecule has 0 aliphatic carbocycles. The Hall–Kier alpha value is -4.59. The molecule has 53 heavy (non-hydrogen) atoms. The van der Waals surface area contributed by atoms with Gasteiger partial charge in [0.2, 0.25) is 0 Å². The van der Waals surface area contributed by atoms with Gasteiger partial charge >= 0.3 is 12.1 Å². The zero-order valence-electron chi connectivity index (χ0n) is 30.9. The fraction of sp³-hybridized carbons (Fsp3) is 0.500. The smallest absolute Gasteiger partial charge is 0.407 e. The molecule has 0 saturated carbocycles. The summed E-state index contributed by atoms with van der Waals surface area (Å²) >= 11 is 0. The van der Waals surface area contributed by atoms with Crippen LogP contribution in [-0.2, 0) is 6.54 Å². The number of piperidine rings is 1. The Kier molecular flexibility index (Phi) is 11.0. The minimum absolute atomic E-state index is 0.0225. The van der Waals surface area contributed by atoms with Crippen molar-refractivity contribution in [3.05, 3.63) is 65.7 Å². The first-order chi connectivity index (χ1) is 25.5. The number of aromatic amines is 1. The van der Waals surface area contributed by atoms with E-state index in [1.165, 1.54) is 28.9 Å². The molecule has 3 saturated heterocycles. The highest BCUT2D eigenvalue weighted by Crippen LogP contribution is 2.35. The summed E-state index contributed by atoms with van der Waals surface area (Å²) in [6, 6.07) is 12.9. The highest BCUT2D eigenvalue weighted by molar-refractivity contribution is 5.97. The molecule has 4 N–H and O–H groups in total. The summed E-state index contributed by atoms with van der Waals surface area (Å²) in [6.45, 7) is 14.0. The molecule has 3 aliphatic rings. The number of fused-ring (bicyclic) bond motifs is 1. The highest BCUT2D eigenvalue weighted by Gasteiger charge is 2.34. The lowest BCUT2D eigenvalue weighted by Crippen LogP contribution is -2.48. The predicted molar refractivity (Wildman–Crippen MR) is 203 cm³/mol. The number of piperazine rings is 1. The van der Waals surface area contributed by atoms with Crippen LogP contribution in [0.5, 0.6) is 0 Å². The van der Waals surface area contributed by atoms with Gasteiger partial charge in [-0.05, 0) is 72.9 Å². The van der Waals surface area contributed by atoms with Gasteiger partial charge in [0.25, 0.3) is 0 Å². The third kappa shape index (κ3) is 8.47. The normalized spacial score (nSPS) is 20.5. The van der Waals surface area contributed by atoms with E-state index in [-0.39, 0.29) is 18.5 Å². The monoisotopic (exact) mass is 726 g/mol. The maximum Gasteiger partial charge on any atom is 0.407 e. The van der Waals surface area contributed by atoms with E-state index in [1.54, 1.807) is 4.90 Å². The second-order valence-electron chi connectivity index (χ2n) is 15.6. The number of carboxylic acid groups (broad SMARTS) is 1. The van der Waals surface area contributed by atoms with Crippen LogP contribution in [0.15, 0.2) is 48.8 Å². The number of H-pyrrole nitrogens is 1. The van der Waals surface area contributed by atoms with Gasteiger partial charge in [0.15, 0.2) is 0 Å². The van der Waals surface area contributed by atoms with E-state index in [4.69, 9.17) is 0 Å². The largest absolute Gasteiger partial charge is 0.465 e. The fourth-order valence-corrected chi connectivity index (χ4v) is 8.27. The van der Waals surface area contributed by atoms with Crippen molar-refractivity contribution >= 4 is 28.8 Å². The Balaban J connectivity index is 0.988. The van der Waals surface area contributed by atoms with E-state index in [9.17, 15) is 19.8 Å². The molecule has 5 heterocycles. The molecule has 2 aromatic heterocycles. The molecule has 0 radical (unpaired) electrons. The van der Waals surface area contributed by atoms with E-state index >= 15 is 4.39 Å². The molecule has 0 bridgehead atoms. The van der Waals surface area contributed by atoms with Crippen molar-refractivity contribution in [3.63, 3.8) is 0 Å². The van der Waals surface area contributed by atoms with Crippen molar-refractivity contribution in [3.8, 4) is 22.5 Å². The van der Waals surface area contributed by atoms with Gasteiger partial charge in [-0.1, -0.05) is 38.1 Å². The van der Waals surface area contributed by atoms with Crippen LogP contribution in [0.1, 0.15) is 44.2 Å². The van der Waals surface area contributed by atoms with Crippen molar-refractivity contribution < 1.29 is 24.2 Å². The second kappa shape index (κ2) is 15.8. The molecule has 282 valence electrons. The summed E-state index contributed by atoms with van der Waals surface area (Å²) in [5, 5.41) is 23.4. The molecule has 3 fully saturated rings. The lowest BCUT2D eigenvalue weighted by atomic mass is 9.95. The molecule has 2 atom stereocenters. The first kappa shape index (κ1) is 36.8. The van der Waals surface area contributed by atoms with Crippen LogP contribution in [-0.4, -0.2) is 122 Å². The van der Waals surface area contributed by atoms with Crippen LogP contribution >= 0.6 is 0 Å². The third-order valence-electron chi connectivity index (χ3n) is 11.3. The van der Waals surface area contributed by atoms with E-state index in [2.05, 4.69) is 68.2 Å². The number of nitrogens with zero attached hydrogens (tertiary/aromatic N) is 6. The molecule has 3 aliphatic heterocycles. The minimum Gasteiger partial charge on any atom is -0.465 e. The van der Waals surface area contributed by atoms with Crippen LogP contribution in [0.25, 0.3) is 33.5 Å². The number of aliphatic hydroxyl groups excluding tert-OH is 1. The first-order valence-corrected chi connectivity index (χ1v) is 18.9. The van der Waals surface area contributed by atoms with Crippen molar-refractivity contribution in [2.75, 3.05) is 64.2 Å². The molecular formula is C40H51FN8O4. The summed E-state index contributed by atoms with van der Waals surface area (Å²) in [5.74, 6) is 0.516. The number of amides is 3. The van der Waals surface area contributed by atoms with E-state index in [1.807, 2.05) is 13.0 Å². The number of hydrogen-bond donors (Lipinski definition) is 4. The number of likely N-dealkylation sites (tertiary alicyclic amines) is 2. The van der Waals surface area contributed by atoms with Gasteiger partial charge in [0.1, 0.15) is 17.8 Å². The molecule has 0 unspecified atom stereocenters. The van der Waals surface area contributed by atoms with Crippen molar-refractivity contribution in [1.29, 1.82) is 0 Å². The number of halogens is 1. The SMILES string of the molecule is Cc1c(NC(=O)N2C[C@@H](CC(C)C)[C@H](O)C2)cc(F)cc1-c1ncnc2[nH]c(-c3ccc(CN4CCN(CC5CCN(C(=O)O)CC5)CC4)cc3)cc12. The second-order valence-corrected chi connectivity index (χ2v) is 15.6. The van der Waals surface area contributed by atoms with Crippen molar-refractivity contribution in [2.45, 2.75) is 52.7 Å². The number of nitrogens with one attached hydrogen (secondary N) is 2. The Morgan fingerprint density at radius 3 is 2.38 bits per heavy atom. The standard InChI is InChI=1S/C40H51FN8O4/c1-25(2)16-30-22-49(23-36(30)50)39(51)45-34-18-31(41)17-32(26(34)3)37-33-19-35(44-38(33)43-24-42-37)29-6-4-27(5-7-29)20-46-12-14-47(15-13-46)21-28-8-10-48(11-9-28)40(52)53/h4-7,17-19,24-25,28,30,36,50H,8-16,20-23H2,1-3H3,(H,45,51)(H,52,53)(H,42,43,44)/t30-,36-/m1/s1. The Bertz CT molecular complexity index is 1920. The van der Waals surface area contributed by atoms with Gasteiger partial charge in [-0.25, -0.2) is 23.9 Å². The molecule has 7 rings (SSSR count). The Morgan fingerprint density at radius 2 is 1.68 bits per heavy atom. The number of aliphatic hydroxyl groups is 1. The van der Waals surface area contributed by atoms with Gasteiger partial charge in [-0.15, -0.1) is 0 Å². The third-order valence-corrected chi connectivity index (χ3v) is 11.3. The average molecular weight is 727 g/mol. The maximum absolute atomic E-state index is 15.1. The van der Waals surface area contributed by atoms with E-state index in [0.717, 1.165) is 75.2 Å². The topological polar surface area (TPSA) is 141 Å². The number of anilines is 1. The molecular weight excluding hydrogens is 675 g/mol. The number of hydrogen-bond acceptors (Lipinski definition) is 7. The summed E-state index contributed by atoms with van der Waals surface area (Å²) in [5.41, 5.74) is 5.94. The van der Waals surface area contributed by atoms with Crippen molar-refractivity contribution in [1.82, 2.24) is 34.6 Å². The summed E-state index contributed by atoms with van der Waals surface area (Å²) < 4.78 is 15.1. The zero-order chi connectivity index (χ0) is 37.2. The predicted octanol–water partition coefficient (Wildman–Crippen LogP) is 6.12. The fourth-order valence-electron chi connectivity index (χ4n) is 8.27. The van der Waals surface area contributed by atoms with Gasteiger partial charge in [-0.3, -0.25) is 4.90 Å². The number of carbonyl (C=O) groups is 2. The number of β-amino-alcohol motifs (C(OH)–C–C–N with tert-alkyl or cyclic N) is 1. The Morgan fingerprint density at radius 1 is 0.962 bits per heavy atom.